The molecule has 1 aromatic heterocycles. The van der Waals surface area contributed by atoms with E-state index in [-0.39, 0.29) is 0 Å². The summed E-state index contributed by atoms with van der Waals surface area (Å²) < 4.78 is 1.74. The molecule has 0 aromatic carbocycles. The lowest BCUT2D eigenvalue weighted by atomic mass is 9.87. The van der Waals surface area contributed by atoms with Gasteiger partial charge in [-0.15, -0.1) is 0 Å². The van der Waals surface area contributed by atoms with E-state index in [0.29, 0.717) is 6.42 Å². The first-order valence-electron chi connectivity index (χ1n) is 4.55. The molecule has 14 heavy (non-hydrogen) atoms. The maximum atomic E-state index is 10.9. The van der Waals surface area contributed by atoms with Gasteiger partial charge in [0.1, 0.15) is 0 Å². The zero-order chi connectivity index (χ0) is 10.9. The normalized spacial score (nSPS) is 11.7. The lowest BCUT2D eigenvalue weighted by molar-refractivity contribution is -0.146. The van der Waals surface area contributed by atoms with E-state index in [1.807, 2.05) is 14.0 Å². The average Bonchev–Trinajstić information content (AvgIpc) is 2.35. The van der Waals surface area contributed by atoms with Crippen LogP contribution in [0.15, 0.2) is 6.20 Å². The van der Waals surface area contributed by atoms with Gasteiger partial charge in [0.05, 0.1) is 11.6 Å². The molecule has 0 saturated heterocycles. The van der Waals surface area contributed by atoms with Crippen LogP contribution in [0.3, 0.4) is 0 Å². The molecule has 0 aliphatic rings. The highest BCUT2D eigenvalue weighted by Gasteiger charge is 2.29. The fourth-order valence-corrected chi connectivity index (χ4v) is 1.32. The summed E-state index contributed by atoms with van der Waals surface area (Å²) in [6.45, 7) is 5.39. The standard InChI is InChI=1S/C10H16N2O2/c1-7-6-11-12(4)8(7)5-10(2,3)9(13)14/h6H,5H2,1-4H3,(H,13,14). The third kappa shape index (κ3) is 1.95. The Morgan fingerprint density at radius 2 is 2.21 bits per heavy atom. The summed E-state index contributed by atoms with van der Waals surface area (Å²) in [6, 6.07) is 0. The van der Waals surface area contributed by atoms with Gasteiger partial charge in [-0.05, 0) is 26.3 Å². The molecule has 0 aliphatic carbocycles. The van der Waals surface area contributed by atoms with E-state index >= 15 is 0 Å². The Labute approximate surface area is 83.5 Å². The number of nitrogens with zero attached hydrogens (tertiary/aromatic N) is 2. The van der Waals surface area contributed by atoms with Crippen molar-refractivity contribution in [2.75, 3.05) is 0 Å². The first kappa shape index (κ1) is 10.8. The number of aryl methyl sites for hydroxylation is 2. The highest BCUT2D eigenvalue weighted by atomic mass is 16.4. The largest absolute Gasteiger partial charge is 0.481 e. The fraction of sp³-hybridized carbons (Fsp3) is 0.600. The number of aliphatic carboxylic acids is 1. The van der Waals surface area contributed by atoms with Crippen LogP contribution in [-0.2, 0) is 18.3 Å². The molecular formula is C10H16N2O2. The maximum absolute atomic E-state index is 10.9. The van der Waals surface area contributed by atoms with Crippen LogP contribution in [0, 0.1) is 12.3 Å². The van der Waals surface area contributed by atoms with E-state index < -0.39 is 11.4 Å². The topological polar surface area (TPSA) is 55.1 Å². The third-order valence-corrected chi connectivity index (χ3v) is 2.46. The Hall–Kier alpha value is -1.32. The van der Waals surface area contributed by atoms with Gasteiger partial charge >= 0.3 is 5.97 Å². The van der Waals surface area contributed by atoms with Crippen molar-refractivity contribution in [3.8, 4) is 0 Å². The van der Waals surface area contributed by atoms with E-state index in [1.54, 1.807) is 24.7 Å². The molecule has 0 saturated carbocycles. The van der Waals surface area contributed by atoms with Crippen molar-refractivity contribution in [3.05, 3.63) is 17.5 Å². The van der Waals surface area contributed by atoms with Gasteiger partial charge in [0.2, 0.25) is 0 Å². The van der Waals surface area contributed by atoms with E-state index in [4.69, 9.17) is 5.11 Å². The predicted octanol–water partition coefficient (Wildman–Crippen LogP) is 1.38. The highest BCUT2D eigenvalue weighted by molar-refractivity contribution is 5.74. The number of hydrogen-bond donors (Lipinski definition) is 1. The van der Waals surface area contributed by atoms with Gasteiger partial charge in [0, 0.05) is 19.2 Å². The Morgan fingerprint density at radius 3 is 2.57 bits per heavy atom. The number of aromatic nitrogens is 2. The van der Waals surface area contributed by atoms with Gasteiger partial charge in [0.25, 0.3) is 0 Å². The van der Waals surface area contributed by atoms with Crippen molar-refractivity contribution in [3.63, 3.8) is 0 Å². The zero-order valence-electron chi connectivity index (χ0n) is 9.03. The number of carbonyl (C=O) groups is 1. The minimum absolute atomic E-state index is 0.505. The van der Waals surface area contributed by atoms with Crippen LogP contribution in [-0.4, -0.2) is 20.9 Å². The molecule has 4 heteroatoms. The van der Waals surface area contributed by atoms with E-state index in [0.717, 1.165) is 11.3 Å². The van der Waals surface area contributed by atoms with E-state index in [1.165, 1.54) is 0 Å². The predicted molar refractivity (Wildman–Crippen MR) is 53.1 cm³/mol. The van der Waals surface area contributed by atoms with E-state index in [2.05, 4.69) is 5.10 Å². The lowest BCUT2D eigenvalue weighted by Gasteiger charge is -2.19. The molecule has 1 N–H and O–H groups in total. The summed E-state index contributed by atoms with van der Waals surface area (Å²) in [5, 5.41) is 13.1. The molecule has 78 valence electrons. The zero-order valence-corrected chi connectivity index (χ0v) is 9.03. The highest BCUT2D eigenvalue weighted by Crippen LogP contribution is 2.23. The molecule has 0 fully saturated rings. The first-order chi connectivity index (χ1) is 6.34. The van der Waals surface area contributed by atoms with Crippen molar-refractivity contribution >= 4 is 5.97 Å². The second kappa shape index (κ2) is 3.44. The van der Waals surface area contributed by atoms with Crippen molar-refractivity contribution in [2.45, 2.75) is 27.2 Å². The SMILES string of the molecule is Cc1cnn(C)c1CC(C)(C)C(=O)O. The number of carboxylic acids is 1. The lowest BCUT2D eigenvalue weighted by Crippen LogP contribution is -2.27. The van der Waals surface area contributed by atoms with Gasteiger partial charge in [0.15, 0.2) is 0 Å². The quantitative estimate of drug-likeness (QED) is 0.794. The summed E-state index contributed by atoms with van der Waals surface area (Å²) in [5.41, 5.74) is 1.29. The minimum atomic E-state index is -0.780. The molecular weight excluding hydrogens is 180 g/mol. The van der Waals surface area contributed by atoms with Gasteiger partial charge in [-0.25, -0.2) is 0 Å². The van der Waals surface area contributed by atoms with Crippen LogP contribution in [0.4, 0.5) is 0 Å². The van der Waals surface area contributed by atoms with Crippen LogP contribution in [0.5, 0.6) is 0 Å². The molecule has 0 spiro atoms. The average molecular weight is 196 g/mol. The Balaban J connectivity index is 2.94. The summed E-state index contributed by atoms with van der Waals surface area (Å²) in [5.74, 6) is -0.780. The molecule has 0 bridgehead atoms. The summed E-state index contributed by atoms with van der Waals surface area (Å²) in [4.78, 5) is 10.9. The van der Waals surface area contributed by atoms with E-state index in [9.17, 15) is 4.79 Å². The van der Waals surface area contributed by atoms with Crippen LogP contribution >= 0.6 is 0 Å². The Kier molecular flexibility index (Phi) is 2.64. The van der Waals surface area contributed by atoms with Gasteiger partial charge in [-0.3, -0.25) is 9.48 Å². The van der Waals surface area contributed by atoms with Crippen LogP contribution in [0.25, 0.3) is 0 Å². The summed E-state index contributed by atoms with van der Waals surface area (Å²) >= 11 is 0. The van der Waals surface area contributed by atoms with Crippen LogP contribution in [0.2, 0.25) is 0 Å². The summed E-state index contributed by atoms with van der Waals surface area (Å²) in [7, 11) is 1.83. The number of carboxylic acid groups (broad SMARTS) is 1. The molecule has 0 atom stereocenters. The van der Waals surface area contributed by atoms with Gasteiger partial charge < -0.3 is 5.11 Å². The first-order valence-corrected chi connectivity index (χ1v) is 4.55. The number of rotatable bonds is 3. The van der Waals surface area contributed by atoms with Crippen molar-refractivity contribution in [1.29, 1.82) is 0 Å². The third-order valence-electron chi connectivity index (χ3n) is 2.46. The van der Waals surface area contributed by atoms with Crippen LogP contribution in [0.1, 0.15) is 25.1 Å². The molecule has 4 nitrogen and oxygen atoms in total. The second-order valence-corrected chi connectivity index (χ2v) is 4.26. The Morgan fingerprint density at radius 1 is 1.64 bits per heavy atom. The maximum Gasteiger partial charge on any atom is 0.309 e. The molecule has 1 rings (SSSR count). The molecule has 0 unspecified atom stereocenters. The van der Waals surface area contributed by atoms with Crippen LogP contribution < -0.4 is 0 Å². The van der Waals surface area contributed by atoms with Gasteiger partial charge in [-0.1, -0.05) is 0 Å². The van der Waals surface area contributed by atoms with Gasteiger partial charge in [-0.2, -0.15) is 5.10 Å². The number of hydrogen-bond acceptors (Lipinski definition) is 2. The smallest absolute Gasteiger partial charge is 0.309 e. The Bertz CT molecular complexity index is 334. The molecule has 1 heterocycles. The van der Waals surface area contributed by atoms with Crippen molar-refractivity contribution < 1.29 is 9.90 Å². The molecule has 0 amide bonds. The fourth-order valence-electron chi connectivity index (χ4n) is 1.32. The monoisotopic (exact) mass is 196 g/mol. The molecule has 0 aliphatic heterocycles. The van der Waals surface area contributed by atoms with Crippen molar-refractivity contribution in [2.24, 2.45) is 12.5 Å². The minimum Gasteiger partial charge on any atom is -0.481 e. The van der Waals surface area contributed by atoms with Crippen molar-refractivity contribution in [1.82, 2.24) is 9.78 Å². The second-order valence-electron chi connectivity index (χ2n) is 4.26. The molecule has 0 radical (unpaired) electrons. The summed E-state index contributed by atoms with van der Waals surface area (Å²) in [6.07, 6.45) is 2.26. The molecule has 1 aromatic rings.